The number of rotatable bonds is 5. The summed E-state index contributed by atoms with van der Waals surface area (Å²) in [6.45, 7) is 4.69. The van der Waals surface area contributed by atoms with Crippen LogP contribution in [0, 0.1) is 0 Å². The molecule has 184 valence electrons. The minimum Gasteiger partial charge on any atom is -0.343 e. The van der Waals surface area contributed by atoms with Gasteiger partial charge in [0.2, 0.25) is 5.91 Å². The molecule has 37 heavy (non-hydrogen) atoms. The molecule has 1 unspecified atom stereocenters. The molecule has 10 nitrogen and oxygen atoms in total. The van der Waals surface area contributed by atoms with Gasteiger partial charge >= 0.3 is 0 Å². The molecule has 2 N–H and O–H groups in total. The number of nitrogens with zero attached hydrogens (tertiary/aromatic N) is 6. The number of fused-ring (bicyclic) bond motifs is 2. The average molecular weight is 493 g/mol. The van der Waals surface area contributed by atoms with Gasteiger partial charge in [0.05, 0.1) is 29.2 Å². The van der Waals surface area contributed by atoms with Crippen LogP contribution < -0.4 is 5.32 Å². The van der Waals surface area contributed by atoms with Crippen LogP contribution in [-0.2, 0) is 4.79 Å². The zero-order chi connectivity index (χ0) is 25.4. The lowest BCUT2D eigenvalue weighted by molar-refractivity contribution is -0.111. The molecule has 1 aliphatic rings. The number of aromatic nitrogens is 6. The minimum absolute atomic E-state index is 0.110. The van der Waals surface area contributed by atoms with E-state index < -0.39 is 0 Å². The summed E-state index contributed by atoms with van der Waals surface area (Å²) in [5.41, 5.74) is 5.69. The van der Waals surface area contributed by atoms with Gasteiger partial charge in [-0.05, 0) is 54.8 Å². The number of carbonyl (C=O) groups is 2. The van der Waals surface area contributed by atoms with Crippen molar-refractivity contribution < 1.29 is 9.59 Å². The van der Waals surface area contributed by atoms with Gasteiger partial charge in [-0.15, -0.1) is 0 Å². The first kappa shape index (κ1) is 22.6. The van der Waals surface area contributed by atoms with Crippen LogP contribution in [0.4, 0.5) is 5.69 Å². The quantitative estimate of drug-likeness (QED) is 0.360. The molecule has 0 radical (unpaired) electrons. The number of piperidine rings is 1. The van der Waals surface area contributed by atoms with E-state index in [1.807, 2.05) is 29.3 Å². The maximum Gasteiger partial charge on any atom is 0.255 e. The number of aromatic amines is 1. The van der Waals surface area contributed by atoms with E-state index in [-0.39, 0.29) is 17.7 Å². The summed E-state index contributed by atoms with van der Waals surface area (Å²) in [6.07, 6.45) is 11.4. The third kappa shape index (κ3) is 4.22. The molecule has 1 aliphatic heterocycles. The summed E-state index contributed by atoms with van der Waals surface area (Å²) in [4.78, 5) is 39.0. The topological polar surface area (TPSA) is 121 Å². The van der Waals surface area contributed by atoms with E-state index in [9.17, 15) is 9.59 Å². The van der Waals surface area contributed by atoms with Crippen molar-refractivity contribution in [2.24, 2.45) is 0 Å². The lowest BCUT2D eigenvalue weighted by Gasteiger charge is -2.32. The van der Waals surface area contributed by atoms with Crippen molar-refractivity contribution in [2.75, 3.05) is 18.4 Å². The Bertz CT molecular complexity index is 1650. The predicted molar refractivity (Wildman–Crippen MR) is 139 cm³/mol. The Morgan fingerprint density at radius 3 is 2.92 bits per heavy atom. The molecule has 1 fully saturated rings. The van der Waals surface area contributed by atoms with Gasteiger partial charge in [0.15, 0.2) is 0 Å². The lowest BCUT2D eigenvalue weighted by Crippen LogP contribution is -2.39. The zero-order valence-corrected chi connectivity index (χ0v) is 20.0. The summed E-state index contributed by atoms with van der Waals surface area (Å²) in [5.74, 6) is -0.320. The second kappa shape index (κ2) is 9.30. The Labute approximate surface area is 212 Å². The highest BCUT2D eigenvalue weighted by molar-refractivity contribution is 6.01. The molecule has 0 aromatic carbocycles. The molecule has 0 spiro atoms. The van der Waals surface area contributed by atoms with Crippen molar-refractivity contribution >= 4 is 34.1 Å². The fourth-order valence-electron chi connectivity index (χ4n) is 4.96. The lowest BCUT2D eigenvalue weighted by atomic mass is 9.94. The number of hydrogen-bond acceptors (Lipinski definition) is 6. The van der Waals surface area contributed by atoms with E-state index in [0.29, 0.717) is 24.3 Å². The third-order valence-electron chi connectivity index (χ3n) is 6.73. The number of nitrogens with one attached hydrogen (secondary N) is 2. The van der Waals surface area contributed by atoms with Crippen LogP contribution in [0.5, 0.6) is 0 Å². The van der Waals surface area contributed by atoms with Crippen LogP contribution in [-0.4, -0.2) is 59.6 Å². The molecule has 0 aliphatic carbocycles. The molecule has 2 amide bonds. The molecule has 1 atom stereocenters. The normalized spacial score (nSPS) is 15.7. The summed E-state index contributed by atoms with van der Waals surface area (Å²) >= 11 is 0. The highest BCUT2D eigenvalue weighted by Gasteiger charge is 2.27. The van der Waals surface area contributed by atoms with Crippen molar-refractivity contribution in [3.63, 3.8) is 0 Å². The number of hydrogen-bond donors (Lipinski definition) is 2. The monoisotopic (exact) mass is 492 g/mol. The molecule has 0 saturated carbocycles. The number of pyridine rings is 2. The molecule has 6 rings (SSSR count). The summed E-state index contributed by atoms with van der Waals surface area (Å²) in [6, 6.07) is 9.67. The highest BCUT2D eigenvalue weighted by Crippen LogP contribution is 2.34. The van der Waals surface area contributed by atoms with Gasteiger partial charge in [-0.3, -0.25) is 14.6 Å². The molecule has 5 aromatic heterocycles. The molecule has 6 heterocycles. The largest absolute Gasteiger partial charge is 0.343 e. The van der Waals surface area contributed by atoms with E-state index >= 15 is 0 Å². The highest BCUT2D eigenvalue weighted by atomic mass is 16.2. The van der Waals surface area contributed by atoms with Gasteiger partial charge < -0.3 is 15.2 Å². The van der Waals surface area contributed by atoms with Gasteiger partial charge in [-0.1, -0.05) is 6.58 Å². The van der Waals surface area contributed by atoms with Crippen LogP contribution in [0.2, 0.25) is 0 Å². The fourth-order valence-corrected chi connectivity index (χ4v) is 4.96. The molecule has 10 heteroatoms. The van der Waals surface area contributed by atoms with Crippen molar-refractivity contribution in [1.29, 1.82) is 0 Å². The Kier molecular flexibility index (Phi) is 5.68. The first-order valence-corrected chi connectivity index (χ1v) is 12.1. The number of amides is 2. The van der Waals surface area contributed by atoms with Crippen molar-refractivity contribution in [1.82, 2.24) is 34.7 Å². The standard InChI is InChI=1S/C27H24N8O2/c1-2-25(36)32-19-11-18(13-28-14-19)27(37)34-10-4-5-17(16-34)23-12-21-20(7-9-29-26(21)33-23)22-15-31-35-24(22)6-3-8-30-35/h2-3,6-9,11-15,17H,1,4-5,10,16H2,(H,29,33)(H,32,36). The summed E-state index contributed by atoms with van der Waals surface area (Å²) in [7, 11) is 0. The van der Waals surface area contributed by atoms with Crippen LogP contribution in [0.3, 0.4) is 0 Å². The van der Waals surface area contributed by atoms with Gasteiger partial charge in [-0.25, -0.2) is 4.98 Å². The number of likely N-dealkylation sites (tertiary alicyclic amines) is 1. The van der Waals surface area contributed by atoms with E-state index in [2.05, 4.69) is 43.1 Å². The number of anilines is 1. The van der Waals surface area contributed by atoms with E-state index in [4.69, 9.17) is 0 Å². The maximum absolute atomic E-state index is 13.3. The first-order chi connectivity index (χ1) is 18.1. The SMILES string of the molecule is C=CC(=O)Nc1cncc(C(=O)N2CCCC(c3cc4c(-c5cnn6ncccc56)ccnc4[nH]3)C2)c1. The van der Waals surface area contributed by atoms with E-state index in [1.54, 1.807) is 23.1 Å². The zero-order valence-electron chi connectivity index (χ0n) is 20.0. The smallest absolute Gasteiger partial charge is 0.255 e. The van der Waals surface area contributed by atoms with Gasteiger partial charge in [0.25, 0.3) is 5.91 Å². The summed E-state index contributed by atoms with van der Waals surface area (Å²) in [5, 5.41) is 12.3. The second-order valence-corrected chi connectivity index (χ2v) is 9.05. The van der Waals surface area contributed by atoms with Crippen LogP contribution in [0.1, 0.15) is 34.8 Å². The van der Waals surface area contributed by atoms with E-state index in [1.165, 1.54) is 18.5 Å². The Morgan fingerprint density at radius 1 is 1.11 bits per heavy atom. The molecule has 1 saturated heterocycles. The maximum atomic E-state index is 13.3. The minimum atomic E-state index is -0.350. The first-order valence-electron chi connectivity index (χ1n) is 12.1. The van der Waals surface area contributed by atoms with Gasteiger partial charge in [0.1, 0.15) is 5.65 Å². The van der Waals surface area contributed by atoms with Gasteiger partial charge in [0, 0.05) is 54.2 Å². The third-order valence-corrected chi connectivity index (χ3v) is 6.73. The number of H-pyrrole nitrogens is 1. The van der Waals surface area contributed by atoms with Gasteiger partial charge in [-0.2, -0.15) is 14.8 Å². The second-order valence-electron chi connectivity index (χ2n) is 9.05. The molecule has 5 aromatic rings. The van der Waals surface area contributed by atoms with Crippen molar-refractivity contribution in [2.45, 2.75) is 18.8 Å². The van der Waals surface area contributed by atoms with Crippen molar-refractivity contribution in [3.05, 3.63) is 85.2 Å². The fraction of sp³-hybridized carbons (Fsp3) is 0.185. The van der Waals surface area contributed by atoms with Crippen molar-refractivity contribution in [3.8, 4) is 11.1 Å². The average Bonchev–Trinajstić information content (AvgIpc) is 3.57. The Hall–Kier alpha value is -4.86. The number of carbonyl (C=O) groups excluding carboxylic acids is 2. The molecule has 0 bridgehead atoms. The molecular weight excluding hydrogens is 468 g/mol. The molecular formula is C27H24N8O2. The van der Waals surface area contributed by atoms with Crippen LogP contribution >= 0.6 is 0 Å². The summed E-state index contributed by atoms with van der Waals surface area (Å²) < 4.78 is 1.62. The predicted octanol–water partition coefficient (Wildman–Crippen LogP) is 3.81. The Balaban J connectivity index is 1.27. The van der Waals surface area contributed by atoms with E-state index in [0.717, 1.165) is 46.2 Å². The van der Waals surface area contributed by atoms with Crippen LogP contribution in [0.15, 0.2) is 74.0 Å². The van der Waals surface area contributed by atoms with Crippen LogP contribution in [0.25, 0.3) is 27.7 Å². The Morgan fingerprint density at radius 2 is 2.03 bits per heavy atom.